The van der Waals surface area contributed by atoms with Crippen LogP contribution in [0, 0.1) is 16.4 Å². The van der Waals surface area contributed by atoms with Crippen LogP contribution in [-0.2, 0) is 9.59 Å². The van der Waals surface area contributed by atoms with Gasteiger partial charge in [0.05, 0.1) is 5.69 Å². The van der Waals surface area contributed by atoms with E-state index in [4.69, 9.17) is 0 Å². The number of nitrogens with zero attached hydrogens (tertiary/aromatic N) is 2. The zero-order valence-electron chi connectivity index (χ0n) is 19.4. The van der Waals surface area contributed by atoms with Crippen molar-refractivity contribution in [2.24, 2.45) is 11.0 Å². The van der Waals surface area contributed by atoms with Gasteiger partial charge in [0.25, 0.3) is 17.7 Å². The monoisotopic (exact) mass is 609 g/mol. The molecule has 0 radical (unpaired) electrons. The number of aryl methyl sites for hydroxylation is 1. The van der Waals surface area contributed by atoms with Gasteiger partial charge in [0.15, 0.2) is 5.92 Å². The standard InChI is InChI=1S/C26H20IN5O5/c1-15-3-2-4-17(13-15)22(33)29-19-9-5-16(6-10-19)23(34)31-28-14-21-24(35)30-26(37)32(25(21)36)20-11-7-18(27)8-12-20/h2-14,21H,1H3,(H,29,33)(H,31,34)(H,30,35,37)/b28-14-/t21-/m1/s1. The first-order chi connectivity index (χ1) is 17.7. The van der Waals surface area contributed by atoms with Crippen molar-refractivity contribution in [1.29, 1.82) is 0 Å². The fraction of sp³-hybridized carbons (Fsp3) is 0.0769. The Balaban J connectivity index is 1.38. The summed E-state index contributed by atoms with van der Waals surface area (Å²) in [5, 5.41) is 8.62. The summed E-state index contributed by atoms with van der Waals surface area (Å²) in [7, 11) is 0. The van der Waals surface area contributed by atoms with Crippen LogP contribution in [0.15, 0.2) is 77.9 Å². The number of anilines is 2. The first kappa shape index (κ1) is 25.7. The van der Waals surface area contributed by atoms with Crippen molar-refractivity contribution in [3.63, 3.8) is 0 Å². The lowest BCUT2D eigenvalue weighted by atomic mass is 10.1. The van der Waals surface area contributed by atoms with Crippen LogP contribution in [0.4, 0.5) is 16.2 Å². The molecule has 0 aliphatic carbocycles. The van der Waals surface area contributed by atoms with E-state index in [9.17, 15) is 24.0 Å². The predicted molar refractivity (Wildman–Crippen MR) is 145 cm³/mol. The van der Waals surface area contributed by atoms with Gasteiger partial charge in [0, 0.05) is 26.6 Å². The molecule has 0 aromatic heterocycles. The zero-order chi connectivity index (χ0) is 26.5. The maximum absolute atomic E-state index is 12.8. The highest BCUT2D eigenvalue weighted by Gasteiger charge is 2.40. The van der Waals surface area contributed by atoms with E-state index in [0.717, 1.165) is 20.2 Å². The Labute approximate surface area is 225 Å². The lowest BCUT2D eigenvalue weighted by Crippen LogP contribution is -2.58. The van der Waals surface area contributed by atoms with Crippen LogP contribution in [0.5, 0.6) is 0 Å². The number of carbonyl (C=O) groups excluding carboxylic acids is 5. The summed E-state index contributed by atoms with van der Waals surface area (Å²) in [6, 6.07) is 19.0. The third-order valence-corrected chi connectivity index (χ3v) is 6.08. The van der Waals surface area contributed by atoms with E-state index >= 15 is 0 Å². The SMILES string of the molecule is Cc1cccc(C(=O)Nc2ccc(C(=O)N/N=C\[C@@H]3C(=O)NC(=O)N(c4ccc(I)cc4)C3=O)cc2)c1. The topological polar surface area (TPSA) is 137 Å². The molecule has 1 atom stereocenters. The molecule has 1 fully saturated rings. The van der Waals surface area contributed by atoms with Gasteiger partial charge >= 0.3 is 6.03 Å². The average molecular weight is 609 g/mol. The quantitative estimate of drug-likeness (QED) is 0.170. The molecule has 0 spiro atoms. The molecule has 37 heavy (non-hydrogen) atoms. The highest BCUT2D eigenvalue weighted by atomic mass is 127. The predicted octanol–water partition coefficient (Wildman–Crippen LogP) is 3.47. The number of carbonyl (C=O) groups is 5. The number of urea groups is 1. The fourth-order valence-corrected chi connectivity index (χ4v) is 3.85. The van der Waals surface area contributed by atoms with Crippen molar-refractivity contribution in [3.8, 4) is 0 Å². The summed E-state index contributed by atoms with van der Waals surface area (Å²) in [5.74, 6) is -3.91. The van der Waals surface area contributed by atoms with Gasteiger partial charge in [-0.15, -0.1) is 0 Å². The molecular weight excluding hydrogens is 589 g/mol. The van der Waals surface area contributed by atoms with E-state index in [-0.39, 0.29) is 11.5 Å². The second kappa shape index (κ2) is 11.1. The van der Waals surface area contributed by atoms with Crippen molar-refractivity contribution in [3.05, 3.63) is 93.1 Å². The summed E-state index contributed by atoms with van der Waals surface area (Å²) in [6.45, 7) is 1.89. The molecule has 4 rings (SSSR count). The Hall–Kier alpha value is -4.39. The van der Waals surface area contributed by atoms with Gasteiger partial charge in [-0.1, -0.05) is 17.7 Å². The minimum absolute atomic E-state index is 0.237. The van der Waals surface area contributed by atoms with Crippen molar-refractivity contribution in [1.82, 2.24) is 10.7 Å². The summed E-state index contributed by atoms with van der Waals surface area (Å²) in [6.07, 6.45) is 0.970. The molecule has 1 heterocycles. The molecule has 1 saturated heterocycles. The summed E-state index contributed by atoms with van der Waals surface area (Å²) in [4.78, 5) is 63.0. The Morgan fingerprint density at radius 2 is 1.65 bits per heavy atom. The van der Waals surface area contributed by atoms with E-state index in [1.807, 2.05) is 13.0 Å². The highest BCUT2D eigenvalue weighted by molar-refractivity contribution is 14.1. The summed E-state index contributed by atoms with van der Waals surface area (Å²) < 4.78 is 0.907. The molecular formula is C26H20IN5O5. The largest absolute Gasteiger partial charge is 0.335 e. The molecule has 0 bridgehead atoms. The number of amides is 6. The zero-order valence-corrected chi connectivity index (χ0v) is 21.6. The third kappa shape index (κ3) is 6.06. The van der Waals surface area contributed by atoms with Crippen LogP contribution >= 0.6 is 22.6 Å². The van der Waals surface area contributed by atoms with Gasteiger partial charge in [-0.3, -0.25) is 24.5 Å². The normalized spacial score (nSPS) is 15.5. The van der Waals surface area contributed by atoms with E-state index in [0.29, 0.717) is 16.9 Å². The Morgan fingerprint density at radius 1 is 0.946 bits per heavy atom. The molecule has 0 unspecified atom stereocenters. The number of barbiturate groups is 1. The molecule has 10 nitrogen and oxygen atoms in total. The Bertz CT molecular complexity index is 1420. The van der Waals surface area contributed by atoms with Crippen LogP contribution in [-0.4, -0.2) is 35.9 Å². The number of rotatable bonds is 6. The van der Waals surface area contributed by atoms with Gasteiger partial charge < -0.3 is 5.32 Å². The number of nitrogens with one attached hydrogen (secondary N) is 3. The van der Waals surface area contributed by atoms with Crippen molar-refractivity contribution < 1.29 is 24.0 Å². The lowest BCUT2D eigenvalue weighted by Gasteiger charge is -2.28. The Morgan fingerprint density at radius 3 is 2.32 bits per heavy atom. The average Bonchev–Trinajstić information content (AvgIpc) is 2.87. The van der Waals surface area contributed by atoms with Gasteiger partial charge in [-0.25, -0.2) is 15.1 Å². The molecule has 1 aliphatic rings. The van der Waals surface area contributed by atoms with Crippen molar-refractivity contribution in [2.45, 2.75) is 6.92 Å². The third-order valence-electron chi connectivity index (χ3n) is 5.36. The number of hydrogen-bond donors (Lipinski definition) is 3. The summed E-state index contributed by atoms with van der Waals surface area (Å²) >= 11 is 2.09. The van der Waals surface area contributed by atoms with Crippen molar-refractivity contribution >= 4 is 69.8 Å². The summed E-state index contributed by atoms with van der Waals surface area (Å²) in [5.41, 5.74) is 4.77. The van der Waals surface area contributed by atoms with Crippen LogP contribution in [0.25, 0.3) is 0 Å². The minimum atomic E-state index is -1.41. The van der Waals surface area contributed by atoms with Gasteiger partial charge in [0.2, 0.25) is 5.91 Å². The number of halogens is 1. The number of hydrogen-bond acceptors (Lipinski definition) is 6. The maximum atomic E-state index is 12.8. The second-order valence-corrected chi connectivity index (χ2v) is 9.29. The molecule has 186 valence electrons. The fourth-order valence-electron chi connectivity index (χ4n) is 3.49. The number of hydrazone groups is 1. The van der Waals surface area contributed by atoms with Crippen molar-refractivity contribution in [2.75, 3.05) is 10.2 Å². The minimum Gasteiger partial charge on any atom is -0.322 e. The first-order valence-electron chi connectivity index (χ1n) is 11.0. The smallest absolute Gasteiger partial charge is 0.322 e. The first-order valence-corrected chi connectivity index (χ1v) is 12.1. The molecule has 11 heteroatoms. The second-order valence-electron chi connectivity index (χ2n) is 8.04. The maximum Gasteiger partial charge on any atom is 0.335 e. The highest BCUT2D eigenvalue weighted by Crippen LogP contribution is 2.21. The van der Waals surface area contributed by atoms with E-state index in [2.05, 4.69) is 43.8 Å². The number of benzene rings is 3. The number of imide groups is 2. The van der Waals surface area contributed by atoms with Crippen LogP contribution in [0.2, 0.25) is 0 Å². The van der Waals surface area contributed by atoms with Crippen LogP contribution in [0.1, 0.15) is 26.3 Å². The Kier molecular flexibility index (Phi) is 7.72. The molecule has 3 aromatic rings. The molecule has 0 saturated carbocycles. The molecule has 3 aromatic carbocycles. The van der Waals surface area contributed by atoms with Gasteiger partial charge in [-0.05, 0) is 90.2 Å². The van der Waals surface area contributed by atoms with Gasteiger partial charge in [0.1, 0.15) is 0 Å². The molecule has 1 aliphatic heterocycles. The lowest BCUT2D eigenvalue weighted by molar-refractivity contribution is -0.131. The van der Waals surface area contributed by atoms with Crippen LogP contribution < -0.4 is 21.0 Å². The van der Waals surface area contributed by atoms with E-state index in [1.165, 1.54) is 12.1 Å². The van der Waals surface area contributed by atoms with Gasteiger partial charge in [-0.2, -0.15) is 5.10 Å². The molecule has 6 amide bonds. The molecule has 3 N–H and O–H groups in total. The van der Waals surface area contributed by atoms with E-state index < -0.39 is 29.7 Å². The van der Waals surface area contributed by atoms with E-state index in [1.54, 1.807) is 54.6 Å². The van der Waals surface area contributed by atoms with Crippen LogP contribution in [0.3, 0.4) is 0 Å².